The Morgan fingerprint density at radius 2 is 2.12 bits per heavy atom. The van der Waals surface area contributed by atoms with E-state index in [0.29, 0.717) is 11.3 Å². The summed E-state index contributed by atoms with van der Waals surface area (Å²) in [4.78, 5) is 18.6. The number of allylic oxidation sites excluding steroid dienone is 1. The fraction of sp³-hybridized carbons (Fsp3) is 0.619. The van der Waals surface area contributed by atoms with E-state index in [9.17, 15) is 4.79 Å². The van der Waals surface area contributed by atoms with Gasteiger partial charge in [0.2, 0.25) is 0 Å². The third-order valence-electron chi connectivity index (χ3n) is 5.55. The Balaban J connectivity index is 1.26. The molecule has 1 N–H and O–H groups in total. The lowest BCUT2D eigenvalue weighted by molar-refractivity contribution is -0.0849. The van der Waals surface area contributed by atoms with Crippen LogP contribution < -0.4 is 5.32 Å². The summed E-state index contributed by atoms with van der Waals surface area (Å²) in [7, 11) is 0. The third-order valence-corrected chi connectivity index (χ3v) is 5.55. The first-order chi connectivity index (χ1) is 12.3. The average molecular weight is 355 g/mol. The van der Waals surface area contributed by atoms with Crippen molar-refractivity contribution in [2.75, 3.05) is 25.0 Å². The minimum absolute atomic E-state index is 0.173. The minimum Gasteiger partial charge on any atom is -0.444 e. The molecule has 3 aliphatic rings. The lowest BCUT2D eigenvalue weighted by Gasteiger charge is -2.58. The van der Waals surface area contributed by atoms with E-state index in [1.165, 1.54) is 12.0 Å². The van der Waals surface area contributed by atoms with Gasteiger partial charge in [-0.3, -0.25) is 0 Å². The maximum absolute atomic E-state index is 12.1. The number of hydrogen-bond acceptors (Lipinski definition) is 4. The molecule has 140 valence electrons. The Kier molecular flexibility index (Phi) is 4.20. The van der Waals surface area contributed by atoms with Crippen LogP contribution in [0, 0.1) is 11.3 Å². The van der Waals surface area contributed by atoms with Crippen molar-refractivity contribution in [1.29, 1.82) is 0 Å². The molecule has 3 heterocycles. The zero-order valence-electron chi connectivity index (χ0n) is 16.0. The second kappa shape index (κ2) is 6.29. The lowest BCUT2D eigenvalue weighted by Crippen LogP contribution is -2.64. The van der Waals surface area contributed by atoms with Gasteiger partial charge in [-0.25, -0.2) is 9.78 Å². The first-order valence-corrected chi connectivity index (χ1v) is 9.72. The Labute approximate surface area is 155 Å². The fourth-order valence-electron chi connectivity index (χ4n) is 4.34. The largest absolute Gasteiger partial charge is 0.444 e. The molecule has 2 aliphatic heterocycles. The molecule has 1 spiro atoms. The number of carbonyl (C=O) groups excluding carboxylic acids is 1. The van der Waals surface area contributed by atoms with Gasteiger partial charge in [0, 0.05) is 25.0 Å². The predicted molar refractivity (Wildman–Crippen MR) is 103 cm³/mol. The van der Waals surface area contributed by atoms with Crippen molar-refractivity contribution in [3.05, 3.63) is 29.5 Å². The number of amides is 1. The SMILES string of the molecule is CC(C)(C)OC(=O)N1CC2(CC(/C=C/c3ccc4c(n3)NCCC4)C2)C1. The summed E-state index contributed by atoms with van der Waals surface area (Å²) in [5, 5.41) is 3.39. The summed E-state index contributed by atoms with van der Waals surface area (Å²) in [6.45, 7) is 8.44. The summed E-state index contributed by atoms with van der Waals surface area (Å²) in [5.74, 6) is 1.65. The number of pyridine rings is 1. The van der Waals surface area contributed by atoms with Crippen molar-refractivity contribution in [3.8, 4) is 0 Å². The molecule has 1 aliphatic carbocycles. The van der Waals surface area contributed by atoms with Gasteiger partial charge in [-0.1, -0.05) is 12.1 Å². The molecule has 1 amide bonds. The van der Waals surface area contributed by atoms with Gasteiger partial charge in [-0.05, 0) is 70.1 Å². The Morgan fingerprint density at radius 3 is 2.85 bits per heavy atom. The van der Waals surface area contributed by atoms with E-state index in [1.54, 1.807) is 0 Å². The molecular weight excluding hydrogens is 326 g/mol. The number of hydrogen-bond donors (Lipinski definition) is 1. The summed E-state index contributed by atoms with van der Waals surface area (Å²) >= 11 is 0. The molecule has 0 bridgehead atoms. The molecule has 1 aromatic heterocycles. The average Bonchev–Trinajstić information content (AvgIpc) is 2.50. The quantitative estimate of drug-likeness (QED) is 0.868. The number of likely N-dealkylation sites (tertiary alicyclic amines) is 1. The van der Waals surface area contributed by atoms with Crippen LogP contribution in [0.5, 0.6) is 0 Å². The Morgan fingerprint density at radius 1 is 1.35 bits per heavy atom. The molecular formula is C21H29N3O2. The molecule has 0 radical (unpaired) electrons. The lowest BCUT2D eigenvalue weighted by atomic mass is 9.58. The number of nitrogens with zero attached hydrogens (tertiary/aromatic N) is 2. The van der Waals surface area contributed by atoms with Crippen LogP contribution in [0.4, 0.5) is 10.6 Å². The van der Waals surface area contributed by atoms with Crippen molar-refractivity contribution in [1.82, 2.24) is 9.88 Å². The Bertz CT molecular complexity index is 721. The molecule has 1 aromatic rings. The highest BCUT2D eigenvalue weighted by molar-refractivity contribution is 5.69. The van der Waals surface area contributed by atoms with Crippen molar-refractivity contribution >= 4 is 18.0 Å². The van der Waals surface area contributed by atoms with E-state index < -0.39 is 5.60 Å². The zero-order valence-corrected chi connectivity index (χ0v) is 16.0. The van der Waals surface area contributed by atoms with Crippen LogP contribution in [0.3, 0.4) is 0 Å². The number of anilines is 1. The normalized spacial score (nSPS) is 21.7. The van der Waals surface area contributed by atoms with Crippen molar-refractivity contribution < 1.29 is 9.53 Å². The number of nitrogens with one attached hydrogen (secondary N) is 1. The molecule has 4 rings (SSSR count). The van der Waals surface area contributed by atoms with E-state index in [1.807, 2.05) is 25.7 Å². The van der Waals surface area contributed by atoms with Gasteiger partial charge in [-0.2, -0.15) is 0 Å². The van der Waals surface area contributed by atoms with Gasteiger partial charge in [-0.15, -0.1) is 0 Å². The number of fused-ring (bicyclic) bond motifs is 1. The number of rotatable bonds is 2. The minimum atomic E-state index is -0.415. The maximum atomic E-state index is 12.1. The zero-order chi connectivity index (χ0) is 18.4. The third kappa shape index (κ3) is 3.57. The van der Waals surface area contributed by atoms with Gasteiger partial charge in [0.05, 0.1) is 5.69 Å². The smallest absolute Gasteiger partial charge is 0.410 e. The van der Waals surface area contributed by atoms with Crippen molar-refractivity contribution in [3.63, 3.8) is 0 Å². The van der Waals surface area contributed by atoms with Crippen LogP contribution in [0.1, 0.15) is 51.3 Å². The van der Waals surface area contributed by atoms with E-state index >= 15 is 0 Å². The first kappa shape index (κ1) is 17.4. The second-order valence-corrected chi connectivity index (χ2v) is 9.14. The molecule has 5 heteroatoms. The van der Waals surface area contributed by atoms with Crippen LogP contribution >= 0.6 is 0 Å². The topological polar surface area (TPSA) is 54.5 Å². The van der Waals surface area contributed by atoms with E-state index in [2.05, 4.69) is 29.6 Å². The molecule has 0 unspecified atom stereocenters. The predicted octanol–water partition coefficient (Wildman–Crippen LogP) is 4.10. The molecule has 0 atom stereocenters. The standard InChI is InChI=1S/C21H29N3O2/c1-20(2,3)26-19(25)24-13-21(14-24)11-15(12-21)6-8-17-9-7-16-5-4-10-22-18(16)23-17/h6-9,15H,4-5,10-14H2,1-3H3,(H,22,23)/b8-6+. The highest BCUT2D eigenvalue weighted by Gasteiger charge is 2.53. The molecule has 26 heavy (non-hydrogen) atoms. The number of aryl methyl sites for hydroxylation is 1. The molecule has 0 aromatic carbocycles. The summed E-state index contributed by atoms with van der Waals surface area (Å²) < 4.78 is 5.44. The van der Waals surface area contributed by atoms with Crippen LogP contribution in [0.15, 0.2) is 18.2 Å². The van der Waals surface area contributed by atoms with Gasteiger partial charge in [0.15, 0.2) is 0 Å². The van der Waals surface area contributed by atoms with Crippen LogP contribution in [-0.4, -0.2) is 41.2 Å². The first-order valence-electron chi connectivity index (χ1n) is 9.72. The molecule has 1 saturated carbocycles. The summed E-state index contributed by atoms with van der Waals surface area (Å²) in [5.41, 5.74) is 2.27. The number of ether oxygens (including phenoxy) is 1. The van der Waals surface area contributed by atoms with Crippen molar-refractivity contribution in [2.24, 2.45) is 11.3 Å². The number of carbonyl (C=O) groups is 1. The molecule has 5 nitrogen and oxygen atoms in total. The van der Waals surface area contributed by atoms with Gasteiger partial charge >= 0.3 is 6.09 Å². The Hall–Kier alpha value is -2.04. The highest BCUT2D eigenvalue weighted by Crippen LogP contribution is 2.52. The number of aromatic nitrogens is 1. The van der Waals surface area contributed by atoms with Crippen LogP contribution in [0.25, 0.3) is 6.08 Å². The van der Waals surface area contributed by atoms with Gasteiger partial charge in [0.25, 0.3) is 0 Å². The van der Waals surface area contributed by atoms with E-state index in [-0.39, 0.29) is 6.09 Å². The monoisotopic (exact) mass is 355 g/mol. The molecule has 1 saturated heterocycles. The second-order valence-electron chi connectivity index (χ2n) is 9.14. The maximum Gasteiger partial charge on any atom is 0.410 e. The van der Waals surface area contributed by atoms with Crippen LogP contribution in [-0.2, 0) is 11.2 Å². The highest BCUT2D eigenvalue weighted by atomic mass is 16.6. The van der Waals surface area contributed by atoms with Crippen LogP contribution in [0.2, 0.25) is 0 Å². The summed E-state index contributed by atoms with van der Waals surface area (Å²) in [6.07, 6.45) is 8.90. The molecule has 2 fully saturated rings. The summed E-state index contributed by atoms with van der Waals surface area (Å²) in [6, 6.07) is 4.31. The van der Waals surface area contributed by atoms with Gasteiger partial charge < -0.3 is 15.0 Å². The van der Waals surface area contributed by atoms with Crippen molar-refractivity contribution in [2.45, 2.75) is 52.1 Å². The fourth-order valence-corrected chi connectivity index (χ4v) is 4.34. The van der Waals surface area contributed by atoms with E-state index in [4.69, 9.17) is 9.72 Å². The van der Waals surface area contributed by atoms with E-state index in [0.717, 1.165) is 50.4 Å². The van der Waals surface area contributed by atoms with Gasteiger partial charge in [0.1, 0.15) is 11.4 Å².